The van der Waals surface area contributed by atoms with Crippen molar-refractivity contribution in [1.29, 1.82) is 0 Å². The van der Waals surface area contributed by atoms with Crippen LogP contribution in [0.5, 0.6) is 0 Å². The van der Waals surface area contributed by atoms with E-state index < -0.39 is 32.3 Å². The standard InChI is InChI=1S/C80H104N2Si4/c1-83(2,3)71-51-69(52-72(55-71)84(4,5)6)81(67-46-63(58-32-20-14-21-33-58)44-64(47-67)59-34-22-15-23-35-59)79-75-40-28-29-41-76(75)80(78-50-62(42-43-77(78)79)57-30-18-13-19-31-57)82(70-53-73(85(7,8)9)56-74(54-70)86(10,11)12)68-48-65(60-36-24-16-25-37-60)45-66(49-68)61-38-26-17-27-39-61/h13,18-19,28-31,40-56,58-61H,14-17,20-27,32-39H2,1-12H3. The molecular formula is C80H104N2Si4. The Morgan fingerprint density at radius 2 is 0.547 bits per heavy atom. The van der Waals surface area contributed by atoms with Gasteiger partial charge in [-0.2, -0.15) is 0 Å². The SMILES string of the molecule is C[Si](C)(C)c1cc(N(c2cc(C3CCCCC3)cc(C3CCCCC3)c2)c2c3ccccc3c(N(c3cc(C4CCCCC4)cc(C4CCCCC4)c3)c3cc([Si](C)(C)C)cc([Si](C)(C)C)c3)c3cc(-c4ccccc4)ccc23)cc([Si](C)(C)C)c1. The highest BCUT2D eigenvalue weighted by Gasteiger charge is 2.34. The molecule has 0 saturated heterocycles. The number of fused-ring (bicyclic) bond motifs is 2. The van der Waals surface area contributed by atoms with E-state index in [0.29, 0.717) is 23.7 Å². The molecule has 8 aromatic rings. The zero-order chi connectivity index (χ0) is 60.1. The van der Waals surface area contributed by atoms with Crippen LogP contribution in [0.1, 0.15) is 174 Å². The molecule has 4 aliphatic rings. The fraction of sp³-hybridized carbons (Fsp3) is 0.450. The molecule has 6 heteroatoms. The first-order chi connectivity index (χ1) is 41.2. The molecule has 0 spiro atoms. The van der Waals surface area contributed by atoms with Gasteiger partial charge in [0.2, 0.25) is 0 Å². The average molecular weight is 1210 g/mol. The van der Waals surface area contributed by atoms with E-state index in [-0.39, 0.29) is 0 Å². The van der Waals surface area contributed by atoms with Gasteiger partial charge in [-0.15, -0.1) is 0 Å². The number of nitrogens with zero attached hydrogens (tertiary/aromatic N) is 2. The summed E-state index contributed by atoms with van der Waals surface area (Å²) in [6.07, 6.45) is 26.4. The van der Waals surface area contributed by atoms with Crippen LogP contribution in [-0.4, -0.2) is 32.3 Å². The van der Waals surface area contributed by atoms with Gasteiger partial charge in [0.25, 0.3) is 0 Å². The van der Waals surface area contributed by atoms with E-state index in [1.807, 2.05) is 0 Å². The fourth-order valence-corrected chi connectivity index (χ4v) is 20.7. The Kier molecular flexibility index (Phi) is 17.7. The molecule has 12 rings (SSSR count). The van der Waals surface area contributed by atoms with Crippen molar-refractivity contribution in [3.8, 4) is 11.1 Å². The Balaban J connectivity index is 1.25. The number of anilines is 6. The maximum Gasteiger partial charge on any atom is 0.0776 e. The normalized spacial score (nSPS) is 17.6. The van der Waals surface area contributed by atoms with E-state index in [2.05, 4.69) is 234 Å². The molecule has 450 valence electrons. The van der Waals surface area contributed by atoms with Gasteiger partial charge in [-0.25, -0.2) is 0 Å². The molecule has 4 saturated carbocycles. The molecule has 0 aliphatic heterocycles. The van der Waals surface area contributed by atoms with Crippen LogP contribution in [0.15, 0.2) is 146 Å². The highest BCUT2D eigenvalue weighted by Crippen LogP contribution is 2.54. The predicted molar refractivity (Wildman–Crippen MR) is 391 cm³/mol. The summed E-state index contributed by atoms with van der Waals surface area (Å²) in [4.78, 5) is 5.71. The summed E-state index contributed by atoms with van der Waals surface area (Å²) in [6.45, 7) is 30.9. The van der Waals surface area contributed by atoms with E-state index in [1.165, 1.54) is 195 Å². The smallest absolute Gasteiger partial charge is 0.0776 e. The van der Waals surface area contributed by atoms with Crippen LogP contribution in [0.3, 0.4) is 0 Å². The van der Waals surface area contributed by atoms with Crippen LogP contribution in [-0.2, 0) is 0 Å². The minimum atomic E-state index is -1.83. The second-order valence-corrected chi connectivity index (χ2v) is 51.9. The maximum absolute atomic E-state index is 2.86. The largest absolute Gasteiger partial charge is 0.309 e. The van der Waals surface area contributed by atoms with E-state index >= 15 is 0 Å². The lowest BCUT2D eigenvalue weighted by Gasteiger charge is -2.36. The molecule has 0 heterocycles. The molecule has 0 amide bonds. The minimum Gasteiger partial charge on any atom is -0.309 e. The molecule has 4 fully saturated rings. The lowest BCUT2D eigenvalue weighted by Crippen LogP contribution is -2.45. The van der Waals surface area contributed by atoms with Gasteiger partial charge >= 0.3 is 0 Å². The van der Waals surface area contributed by atoms with Gasteiger partial charge < -0.3 is 9.80 Å². The number of hydrogen-bond acceptors (Lipinski definition) is 2. The minimum absolute atomic E-state index is 0.587. The molecule has 0 atom stereocenters. The van der Waals surface area contributed by atoms with Gasteiger partial charge in [-0.05, 0) is 163 Å². The first kappa shape index (κ1) is 61.0. The Bertz CT molecular complexity index is 3560. The van der Waals surface area contributed by atoms with Crippen LogP contribution in [0.25, 0.3) is 32.7 Å². The summed E-state index contributed by atoms with van der Waals surface area (Å²) >= 11 is 0. The van der Waals surface area contributed by atoms with Crippen molar-refractivity contribution >= 4 is 109 Å². The van der Waals surface area contributed by atoms with Crippen molar-refractivity contribution in [2.75, 3.05) is 9.80 Å². The monoisotopic (exact) mass is 1200 g/mol. The third-order valence-corrected chi connectivity index (χ3v) is 29.2. The average Bonchev–Trinajstić information content (AvgIpc) is 0.744. The summed E-state index contributed by atoms with van der Waals surface area (Å²) in [5.41, 5.74) is 16.9. The second-order valence-electron chi connectivity index (χ2n) is 31.6. The van der Waals surface area contributed by atoms with Gasteiger partial charge in [0.15, 0.2) is 0 Å². The van der Waals surface area contributed by atoms with Gasteiger partial charge in [0.05, 0.1) is 43.7 Å². The van der Waals surface area contributed by atoms with Gasteiger partial charge in [-0.3, -0.25) is 0 Å². The molecule has 0 aromatic heterocycles. The van der Waals surface area contributed by atoms with Crippen molar-refractivity contribution in [2.24, 2.45) is 0 Å². The van der Waals surface area contributed by atoms with E-state index in [9.17, 15) is 0 Å². The van der Waals surface area contributed by atoms with E-state index in [1.54, 1.807) is 43.0 Å². The summed E-state index contributed by atoms with van der Waals surface area (Å²) in [6, 6.07) is 61.0. The van der Waals surface area contributed by atoms with Crippen molar-refractivity contribution in [3.63, 3.8) is 0 Å². The van der Waals surface area contributed by atoms with Crippen molar-refractivity contribution < 1.29 is 0 Å². The Labute approximate surface area is 524 Å². The topological polar surface area (TPSA) is 6.48 Å². The summed E-state index contributed by atoms with van der Waals surface area (Å²) in [5, 5.41) is 11.5. The molecule has 8 aromatic carbocycles. The zero-order valence-corrected chi connectivity index (χ0v) is 59.2. The fourth-order valence-electron chi connectivity index (χ4n) is 15.7. The van der Waals surface area contributed by atoms with Crippen LogP contribution in [0.4, 0.5) is 34.1 Å². The molecule has 2 nitrogen and oxygen atoms in total. The van der Waals surface area contributed by atoms with Gasteiger partial charge in [0, 0.05) is 44.3 Å². The molecular weight excluding hydrogens is 1100 g/mol. The van der Waals surface area contributed by atoms with Crippen LogP contribution >= 0.6 is 0 Å². The van der Waals surface area contributed by atoms with Gasteiger partial charge in [0.1, 0.15) is 0 Å². The van der Waals surface area contributed by atoms with Crippen molar-refractivity contribution in [1.82, 2.24) is 0 Å². The molecule has 4 aliphatic carbocycles. The highest BCUT2D eigenvalue weighted by molar-refractivity contribution is 6.92. The summed E-state index contributed by atoms with van der Waals surface area (Å²) in [5.74, 6) is 2.35. The lowest BCUT2D eigenvalue weighted by atomic mass is 9.79. The maximum atomic E-state index is 2.86. The first-order valence-corrected chi connectivity index (χ1v) is 48.4. The number of benzene rings is 8. The zero-order valence-electron chi connectivity index (χ0n) is 55.2. The van der Waals surface area contributed by atoms with Crippen LogP contribution in [0.2, 0.25) is 78.6 Å². The van der Waals surface area contributed by atoms with Gasteiger partial charge in [-0.1, -0.05) is 267 Å². The molecule has 0 bridgehead atoms. The third-order valence-electron chi connectivity index (χ3n) is 21.1. The number of hydrogen-bond donors (Lipinski definition) is 0. The summed E-state index contributed by atoms with van der Waals surface area (Å²) < 4.78 is 0. The lowest BCUT2D eigenvalue weighted by molar-refractivity contribution is 0.435. The molecule has 86 heavy (non-hydrogen) atoms. The van der Waals surface area contributed by atoms with Crippen LogP contribution in [0, 0.1) is 0 Å². The van der Waals surface area contributed by atoms with Crippen molar-refractivity contribution in [3.05, 3.63) is 168 Å². The Morgan fingerprint density at radius 1 is 0.256 bits per heavy atom. The third kappa shape index (κ3) is 13.1. The second kappa shape index (κ2) is 25.0. The molecule has 0 N–H and O–H groups in total. The Hall–Kier alpha value is -5.25. The number of rotatable bonds is 15. The quantitative estimate of drug-likeness (QED) is 0.0573. The highest BCUT2D eigenvalue weighted by atomic mass is 28.3. The summed E-state index contributed by atoms with van der Waals surface area (Å²) in [7, 11) is -7.32. The molecule has 0 radical (unpaired) electrons. The predicted octanol–water partition coefficient (Wildman–Crippen LogP) is 23.0. The van der Waals surface area contributed by atoms with Crippen molar-refractivity contribution in [2.45, 2.75) is 231 Å². The van der Waals surface area contributed by atoms with E-state index in [0.717, 1.165) is 0 Å². The van der Waals surface area contributed by atoms with E-state index in [4.69, 9.17) is 0 Å². The first-order valence-electron chi connectivity index (χ1n) is 34.4. The Morgan fingerprint density at radius 3 is 0.872 bits per heavy atom. The van der Waals surface area contributed by atoms with Crippen LogP contribution < -0.4 is 30.5 Å². The molecule has 0 unspecified atom stereocenters.